The van der Waals surface area contributed by atoms with E-state index in [-0.39, 0.29) is 11.2 Å². The molecule has 0 bridgehead atoms. The van der Waals surface area contributed by atoms with Crippen molar-refractivity contribution in [1.29, 1.82) is 0 Å². The maximum atomic E-state index is 11.3. The van der Waals surface area contributed by atoms with Gasteiger partial charge in [0.05, 0.1) is 0 Å². The summed E-state index contributed by atoms with van der Waals surface area (Å²) in [6, 6.07) is 1.82. The summed E-state index contributed by atoms with van der Waals surface area (Å²) in [5.41, 5.74) is -0.703. The summed E-state index contributed by atoms with van der Waals surface area (Å²) in [5, 5.41) is 3.32. The third-order valence-corrected chi connectivity index (χ3v) is 2.46. The standard InChI is InChI=1S/C11H19N3O2/c1-3-4-9(2)12-6-8-14-7-5-10(15)13-11(14)16/h5,7,9,12H,3-4,6,8H2,1-2H3,(H,13,15,16). The quantitative estimate of drug-likeness (QED) is 0.732. The van der Waals surface area contributed by atoms with Crippen LogP contribution in [0, 0.1) is 0 Å². The second-order valence-electron chi connectivity index (χ2n) is 3.95. The molecule has 1 rings (SSSR count). The molecule has 0 radical (unpaired) electrons. The Kier molecular flexibility index (Phi) is 4.98. The molecular weight excluding hydrogens is 206 g/mol. The molecule has 0 spiro atoms. The maximum absolute atomic E-state index is 11.3. The maximum Gasteiger partial charge on any atom is 0.328 e. The highest BCUT2D eigenvalue weighted by Crippen LogP contribution is 1.93. The Bertz CT molecular complexity index is 422. The van der Waals surface area contributed by atoms with Crippen LogP contribution in [0.2, 0.25) is 0 Å². The predicted molar refractivity (Wildman–Crippen MR) is 63.7 cm³/mol. The van der Waals surface area contributed by atoms with Crippen molar-refractivity contribution in [1.82, 2.24) is 14.9 Å². The monoisotopic (exact) mass is 225 g/mol. The molecule has 0 saturated heterocycles. The first kappa shape index (κ1) is 12.7. The largest absolute Gasteiger partial charge is 0.328 e. The van der Waals surface area contributed by atoms with Crippen molar-refractivity contribution in [3.05, 3.63) is 33.1 Å². The Morgan fingerprint density at radius 3 is 2.88 bits per heavy atom. The van der Waals surface area contributed by atoms with Gasteiger partial charge in [-0.2, -0.15) is 0 Å². The van der Waals surface area contributed by atoms with Gasteiger partial charge in [-0.3, -0.25) is 14.3 Å². The fraction of sp³-hybridized carbons (Fsp3) is 0.636. The Morgan fingerprint density at radius 1 is 1.50 bits per heavy atom. The Morgan fingerprint density at radius 2 is 2.25 bits per heavy atom. The molecule has 2 N–H and O–H groups in total. The van der Waals surface area contributed by atoms with E-state index in [0.717, 1.165) is 19.4 Å². The molecule has 1 aromatic rings. The molecule has 0 aliphatic carbocycles. The number of rotatable bonds is 6. The zero-order chi connectivity index (χ0) is 12.0. The fourth-order valence-corrected chi connectivity index (χ4v) is 1.59. The molecule has 90 valence electrons. The molecule has 1 unspecified atom stereocenters. The molecule has 5 nitrogen and oxygen atoms in total. The summed E-state index contributed by atoms with van der Waals surface area (Å²) >= 11 is 0. The van der Waals surface area contributed by atoms with Gasteiger partial charge in [-0.05, 0) is 13.3 Å². The summed E-state index contributed by atoms with van der Waals surface area (Å²) in [5.74, 6) is 0. The highest BCUT2D eigenvalue weighted by atomic mass is 16.2. The van der Waals surface area contributed by atoms with Gasteiger partial charge in [0.25, 0.3) is 5.56 Å². The van der Waals surface area contributed by atoms with E-state index in [0.29, 0.717) is 12.6 Å². The summed E-state index contributed by atoms with van der Waals surface area (Å²) in [6.07, 6.45) is 3.79. The van der Waals surface area contributed by atoms with Crippen LogP contribution in [0.1, 0.15) is 26.7 Å². The van der Waals surface area contributed by atoms with E-state index in [1.807, 2.05) is 0 Å². The lowest BCUT2D eigenvalue weighted by atomic mass is 10.2. The first-order valence-corrected chi connectivity index (χ1v) is 5.66. The minimum atomic E-state index is -0.353. The second kappa shape index (κ2) is 6.27. The van der Waals surface area contributed by atoms with Gasteiger partial charge in [-0.25, -0.2) is 4.79 Å². The highest BCUT2D eigenvalue weighted by Gasteiger charge is 2.00. The van der Waals surface area contributed by atoms with E-state index in [4.69, 9.17) is 0 Å². The van der Waals surface area contributed by atoms with Crippen LogP contribution in [-0.4, -0.2) is 22.1 Å². The highest BCUT2D eigenvalue weighted by molar-refractivity contribution is 4.82. The first-order valence-electron chi connectivity index (χ1n) is 5.66. The van der Waals surface area contributed by atoms with Crippen LogP contribution >= 0.6 is 0 Å². The second-order valence-corrected chi connectivity index (χ2v) is 3.95. The number of aromatic amines is 1. The molecule has 5 heteroatoms. The van der Waals surface area contributed by atoms with E-state index in [2.05, 4.69) is 24.1 Å². The van der Waals surface area contributed by atoms with E-state index in [1.165, 1.54) is 16.8 Å². The number of aromatic nitrogens is 2. The lowest BCUT2D eigenvalue weighted by molar-refractivity contribution is 0.479. The third-order valence-electron chi connectivity index (χ3n) is 2.46. The van der Waals surface area contributed by atoms with Crippen LogP contribution < -0.4 is 16.6 Å². The van der Waals surface area contributed by atoms with E-state index < -0.39 is 0 Å². The van der Waals surface area contributed by atoms with Crippen LogP contribution in [0.5, 0.6) is 0 Å². The predicted octanol–water partition coefficient (Wildman–Crippen LogP) is 0.315. The molecule has 0 aliphatic heterocycles. The number of nitrogens with one attached hydrogen (secondary N) is 2. The zero-order valence-electron chi connectivity index (χ0n) is 9.82. The van der Waals surface area contributed by atoms with Crippen molar-refractivity contribution in [3.63, 3.8) is 0 Å². The molecule has 1 heterocycles. The lowest BCUT2D eigenvalue weighted by Crippen LogP contribution is -2.34. The van der Waals surface area contributed by atoms with Crippen LogP contribution in [0.15, 0.2) is 21.9 Å². The van der Waals surface area contributed by atoms with Crippen LogP contribution in [-0.2, 0) is 6.54 Å². The molecule has 0 amide bonds. The Balaban J connectivity index is 2.43. The van der Waals surface area contributed by atoms with Crippen LogP contribution in [0.4, 0.5) is 0 Å². The molecule has 1 aromatic heterocycles. The topological polar surface area (TPSA) is 66.9 Å². The minimum absolute atomic E-state index is 0.350. The van der Waals surface area contributed by atoms with Gasteiger partial charge >= 0.3 is 5.69 Å². The summed E-state index contributed by atoms with van der Waals surface area (Å²) in [7, 11) is 0. The molecule has 16 heavy (non-hydrogen) atoms. The summed E-state index contributed by atoms with van der Waals surface area (Å²) in [6.45, 7) is 5.57. The normalized spacial score (nSPS) is 12.6. The molecular formula is C11H19N3O2. The van der Waals surface area contributed by atoms with Crippen molar-refractivity contribution in [3.8, 4) is 0 Å². The molecule has 0 aromatic carbocycles. The SMILES string of the molecule is CCCC(C)NCCn1ccc(=O)[nH]c1=O. The van der Waals surface area contributed by atoms with Crippen LogP contribution in [0.3, 0.4) is 0 Å². The van der Waals surface area contributed by atoms with Gasteiger partial charge in [0.15, 0.2) is 0 Å². The van der Waals surface area contributed by atoms with Gasteiger partial charge < -0.3 is 5.32 Å². The number of hydrogen-bond donors (Lipinski definition) is 2. The Hall–Kier alpha value is -1.36. The molecule has 0 fully saturated rings. The van der Waals surface area contributed by atoms with E-state index in [9.17, 15) is 9.59 Å². The molecule has 1 atom stereocenters. The van der Waals surface area contributed by atoms with Gasteiger partial charge in [0.1, 0.15) is 0 Å². The van der Waals surface area contributed by atoms with Crippen molar-refractivity contribution in [2.75, 3.05) is 6.54 Å². The van der Waals surface area contributed by atoms with Gasteiger partial charge in [0.2, 0.25) is 0 Å². The van der Waals surface area contributed by atoms with E-state index >= 15 is 0 Å². The van der Waals surface area contributed by atoms with Gasteiger partial charge in [-0.1, -0.05) is 13.3 Å². The average molecular weight is 225 g/mol. The molecule has 0 aliphatic rings. The van der Waals surface area contributed by atoms with Crippen LogP contribution in [0.25, 0.3) is 0 Å². The fourth-order valence-electron chi connectivity index (χ4n) is 1.59. The molecule has 0 saturated carbocycles. The van der Waals surface area contributed by atoms with Gasteiger partial charge in [-0.15, -0.1) is 0 Å². The van der Waals surface area contributed by atoms with Gasteiger partial charge in [0, 0.05) is 31.4 Å². The first-order chi connectivity index (χ1) is 7.63. The number of H-pyrrole nitrogens is 1. The summed E-state index contributed by atoms with van der Waals surface area (Å²) in [4.78, 5) is 24.4. The average Bonchev–Trinajstić information content (AvgIpc) is 2.22. The number of hydrogen-bond acceptors (Lipinski definition) is 3. The summed E-state index contributed by atoms with van der Waals surface area (Å²) < 4.78 is 1.49. The number of nitrogens with zero attached hydrogens (tertiary/aromatic N) is 1. The van der Waals surface area contributed by atoms with Crippen molar-refractivity contribution in [2.24, 2.45) is 0 Å². The van der Waals surface area contributed by atoms with Crippen molar-refractivity contribution in [2.45, 2.75) is 39.3 Å². The lowest BCUT2D eigenvalue weighted by Gasteiger charge is -2.12. The van der Waals surface area contributed by atoms with E-state index in [1.54, 1.807) is 0 Å². The Labute approximate surface area is 94.5 Å². The third kappa shape index (κ3) is 4.02. The minimum Gasteiger partial charge on any atom is -0.312 e. The smallest absolute Gasteiger partial charge is 0.312 e. The van der Waals surface area contributed by atoms with Crippen molar-refractivity contribution >= 4 is 0 Å². The van der Waals surface area contributed by atoms with Crippen molar-refractivity contribution < 1.29 is 0 Å². The zero-order valence-corrected chi connectivity index (χ0v) is 9.82.